The highest BCUT2D eigenvalue weighted by Crippen LogP contribution is 2.30. The minimum absolute atomic E-state index is 0.0699. The molecule has 0 fully saturated rings. The zero-order valence-electron chi connectivity index (χ0n) is 14.2. The van der Waals surface area contributed by atoms with Crippen molar-refractivity contribution in [3.8, 4) is 28.5 Å². The number of hydrogen-bond acceptors (Lipinski definition) is 4. The maximum atomic E-state index is 12.4. The van der Waals surface area contributed by atoms with Crippen LogP contribution in [-0.4, -0.2) is 9.91 Å². The van der Waals surface area contributed by atoms with Crippen molar-refractivity contribution >= 4 is 5.69 Å². The Hall–Kier alpha value is -3.72. The van der Waals surface area contributed by atoms with Crippen molar-refractivity contribution in [3.05, 3.63) is 85.7 Å². The fourth-order valence-electron chi connectivity index (χ4n) is 2.86. The maximum absolute atomic E-state index is 12.4. The Morgan fingerprint density at radius 3 is 2.54 bits per heavy atom. The average Bonchev–Trinajstić information content (AvgIpc) is 2.63. The number of nitro groups is 1. The highest BCUT2D eigenvalue weighted by atomic mass is 16.6. The van der Waals surface area contributed by atoms with Crippen LogP contribution in [0.2, 0.25) is 0 Å². The lowest BCUT2D eigenvalue weighted by Gasteiger charge is -2.11. The molecule has 1 N–H and O–H groups in total. The number of nitrogens with zero attached hydrogens (tertiary/aromatic N) is 2. The fourth-order valence-corrected chi connectivity index (χ4v) is 2.86. The van der Waals surface area contributed by atoms with Gasteiger partial charge in [0.2, 0.25) is 0 Å². The minimum Gasteiger partial charge on any atom is -0.321 e. The number of rotatable bonds is 3. The lowest BCUT2D eigenvalue weighted by atomic mass is 9.96. The zero-order valence-corrected chi connectivity index (χ0v) is 14.2. The van der Waals surface area contributed by atoms with Gasteiger partial charge in [0.05, 0.1) is 4.92 Å². The second-order valence-corrected chi connectivity index (χ2v) is 6.04. The van der Waals surface area contributed by atoms with Crippen LogP contribution in [0.25, 0.3) is 22.4 Å². The van der Waals surface area contributed by atoms with E-state index in [1.165, 1.54) is 18.2 Å². The summed E-state index contributed by atoms with van der Waals surface area (Å²) in [5.74, 6) is 0. The first-order valence-corrected chi connectivity index (χ1v) is 7.90. The van der Waals surface area contributed by atoms with E-state index < -0.39 is 10.5 Å². The van der Waals surface area contributed by atoms with Gasteiger partial charge in [0.25, 0.3) is 11.2 Å². The molecule has 6 heteroatoms. The van der Waals surface area contributed by atoms with Gasteiger partial charge in [0.15, 0.2) is 0 Å². The van der Waals surface area contributed by atoms with Crippen LogP contribution in [0.4, 0.5) is 5.69 Å². The Morgan fingerprint density at radius 1 is 1.08 bits per heavy atom. The predicted molar refractivity (Wildman–Crippen MR) is 98.8 cm³/mol. The van der Waals surface area contributed by atoms with Crippen molar-refractivity contribution < 1.29 is 4.92 Å². The molecule has 1 heterocycles. The molecule has 6 nitrogen and oxygen atoms in total. The number of nitro benzene ring substituents is 1. The summed E-state index contributed by atoms with van der Waals surface area (Å²) in [5, 5.41) is 20.4. The van der Waals surface area contributed by atoms with E-state index in [0.717, 1.165) is 16.7 Å². The van der Waals surface area contributed by atoms with Gasteiger partial charge in [-0.15, -0.1) is 0 Å². The fraction of sp³-hybridized carbons (Fsp3) is 0.100. The number of aromatic amines is 1. The largest absolute Gasteiger partial charge is 0.321 e. The smallest absolute Gasteiger partial charge is 0.270 e. The van der Waals surface area contributed by atoms with E-state index in [0.29, 0.717) is 16.8 Å². The topological polar surface area (TPSA) is 99.8 Å². The van der Waals surface area contributed by atoms with E-state index in [1.807, 2.05) is 38.1 Å². The molecule has 2 aromatic carbocycles. The average molecular weight is 345 g/mol. The second kappa shape index (κ2) is 6.65. The van der Waals surface area contributed by atoms with Crippen LogP contribution < -0.4 is 5.56 Å². The van der Waals surface area contributed by atoms with E-state index in [-0.39, 0.29) is 11.3 Å². The first kappa shape index (κ1) is 17.1. The molecule has 3 aromatic rings. The number of H-pyrrole nitrogens is 1. The third-order valence-corrected chi connectivity index (χ3v) is 4.20. The van der Waals surface area contributed by atoms with Crippen LogP contribution in [0.1, 0.15) is 16.7 Å². The summed E-state index contributed by atoms with van der Waals surface area (Å²) in [7, 11) is 0. The van der Waals surface area contributed by atoms with Gasteiger partial charge in [-0.1, -0.05) is 29.8 Å². The van der Waals surface area contributed by atoms with Gasteiger partial charge >= 0.3 is 0 Å². The first-order chi connectivity index (χ1) is 12.4. The molecule has 0 aliphatic rings. The lowest BCUT2D eigenvalue weighted by Crippen LogP contribution is -2.13. The highest BCUT2D eigenvalue weighted by Gasteiger charge is 2.15. The number of nitriles is 1. The molecule has 0 aliphatic heterocycles. The minimum atomic E-state index is -0.521. The molecule has 0 saturated carbocycles. The summed E-state index contributed by atoms with van der Waals surface area (Å²) in [5.41, 5.74) is 3.56. The van der Waals surface area contributed by atoms with Crippen molar-refractivity contribution in [3.63, 3.8) is 0 Å². The standard InChI is InChI=1S/C20H15N3O3/c1-12-6-7-13(2)16(8-12)19-10-17(18(11-21)20(24)22-19)14-4-3-5-15(9-14)23(25)26/h3-10H,1-2H3,(H,22,24). The maximum Gasteiger partial charge on any atom is 0.270 e. The van der Waals surface area contributed by atoms with Crippen LogP contribution >= 0.6 is 0 Å². The molecule has 0 spiro atoms. The van der Waals surface area contributed by atoms with Gasteiger partial charge in [-0.3, -0.25) is 14.9 Å². The quantitative estimate of drug-likeness (QED) is 0.570. The number of hydrogen-bond donors (Lipinski definition) is 1. The van der Waals surface area contributed by atoms with Crippen LogP contribution in [-0.2, 0) is 0 Å². The van der Waals surface area contributed by atoms with Crippen LogP contribution in [0.15, 0.2) is 53.3 Å². The molecule has 0 radical (unpaired) electrons. The number of nitrogens with one attached hydrogen (secondary N) is 1. The molecule has 0 bridgehead atoms. The van der Waals surface area contributed by atoms with E-state index in [1.54, 1.807) is 12.1 Å². The van der Waals surface area contributed by atoms with Crippen molar-refractivity contribution in [1.29, 1.82) is 5.26 Å². The molecule has 0 unspecified atom stereocenters. The first-order valence-electron chi connectivity index (χ1n) is 7.90. The molecule has 0 aliphatic carbocycles. The third-order valence-electron chi connectivity index (χ3n) is 4.20. The molecule has 3 rings (SSSR count). The van der Waals surface area contributed by atoms with Crippen molar-refractivity contribution in [1.82, 2.24) is 4.98 Å². The number of aromatic nitrogens is 1. The number of pyridine rings is 1. The number of aryl methyl sites for hydroxylation is 2. The van der Waals surface area contributed by atoms with Crippen LogP contribution in [0.5, 0.6) is 0 Å². The predicted octanol–water partition coefficient (Wildman–Crippen LogP) is 4.11. The molecule has 128 valence electrons. The third kappa shape index (κ3) is 3.10. The summed E-state index contributed by atoms with van der Waals surface area (Å²) >= 11 is 0. The summed E-state index contributed by atoms with van der Waals surface area (Å²) in [4.78, 5) is 25.7. The zero-order chi connectivity index (χ0) is 18.8. The summed E-state index contributed by atoms with van der Waals surface area (Å²) in [6.07, 6.45) is 0. The van der Waals surface area contributed by atoms with Crippen molar-refractivity contribution in [2.75, 3.05) is 0 Å². The summed E-state index contributed by atoms with van der Waals surface area (Å²) in [6, 6.07) is 15.4. The van der Waals surface area contributed by atoms with Gasteiger partial charge in [-0.2, -0.15) is 5.26 Å². The van der Waals surface area contributed by atoms with Crippen molar-refractivity contribution in [2.45, 2.75) is 13.8 Å². The molecule has 26 heavy (non-hydrogen) atoms. The molecular weight excluding hydrogens is 330 g/mol. The molecule has 0 atom stereocenters. The second-order valence-electron chi connectivity index (χ2n) is 6.04. The monoisotopic (exact) mass is 345 g/mol. The van der Waals surface area contributed by atoms with Gasteiger partial charge < -0.3 is 4.98 Å². The molecule has 0 saturated heterocycles. The Balaban J connectivity index is 2.29. The Kier molecular flexibility index (Phi) is 4.38. The van der Waals surface area contributed by atoms with Crippen LogP contribution in [0.3, 0.4) is 0 Å². The van der Waals surface area contributed by atoms with E-state index >= 15 is 0 Å². The van der Waals surface area contributed by atoms with E-state index in [9.17, 15) is 20.2 Å². The Bertz CT molecular complexity index is 1120. The van der Waals surface area contributed by atoms with Crippen molar-refractivity contribution in [2.24, 2.45) is 0 Å². The van der Waals surface area contributed by atoms with E-state index in [4.69, 9.17) is 0 Å². The Labute approximate surface area is 149 Å². The molecular formula is C20H15N3O3. The van der Waals surface area contributed by atoms with Gasteiger partial charge in [0, 0.05) is 29.0 Å². The van der Waals surface area contributed by atoms with Gasteiger partial charge in [0.1, 0.15) is 11.6 Å². The highest BCUT2D eigenvalue weighted by molar-refractivity contribution is 5.77. The van der Waals surface area contributed by atoms with Crippen LogP contribution in [0, 0.1) is 35.3 Å². The number of non-ortho nitro benzene ring substituents is 1. The normalized spacial score (nSPS) is 10.3. The number of benzene rings is 2. The summed E-state index contributed by atoms with van der Waals surface area (Å²) < 4.78 is 0. The SMILES string of the molecule is Cc1ccc(C)c(-c2cc(-c3cccc([N+](=O)[O-])c3)c(C#N)c(=O)[nH]2)c1. The Morgan fingerprint density at radius 2 is 1.85 bits per heavy atom. The van der Waals surface area contributed by atoms with E-state index in [2.05, 4.69) is 4.98 Å². The molecule has 1 aromatic heterocycles. The molecule has 0 amide bonds. The van der Waals surface area contributed by atoms with Gasteiger partial charge in [-0.05, 0) is 37.1 Å². The lowest BCUT2D eigenvalue weighted by molar-refractivity contribution is -0.384. The van der Waals surface area contributed by atoms with Gasteiger partial charge in [-0.25, -0.2) is 0 Å². The summed E-state index contributed by atoms with van der Waals surface area (Å²) in [6.45, 7) is 3.88.